The van der Waals surface area contributed by atoms with E-state index in [1.54, 1.807) is 22.9 Å². The Bertz CT molecular complexity index is 1800. The number of unbranched alkanes of at least 4 members (excludes halogenated alkanes) is 1. The van der Waals surface area contributed by atoms with E-state index in [0.717, 1.165) is 52.9 Å². The van der Waals surface area contributed by atoms with Crippen LogP contribution in [-0.2, 0) is 19.5 Å². The van der Waals surface area contributed by atoms with E-state index in [-0.39, 0.29) is 11.4 Å². The Balaban J connectivity index is 1.35. The summed E-state index contributed by atoms with van der Waals surface area (Å²) in [5, 5.41) is 14.5. The number of imidazole rings is 1. The van der Waals surface area contributed by atoms with Crippen molar-refractivity contribution in [2.24, 2.45) is 0 Å². The van der Waals surface area contributed by atoms with Crippen molar-refractivity contribution in [3.05, 3.63) is 118 Å². The molecule has 0 saturated heterocycles. The number of aromatic amines is 1. The Morgan fingerprint density at radius 3 is 2.33 bits per heavy atom. The van der Waals surface area contributed by atoms with Crippen LogP contribution in [0.25, 0.3) is 33.5 Å². The first-order valence-electron chi connectivity index (χ1n) is 13.4. The van der Waals surface area contributed by atoms with Gasteiger partial charge < -0.3 is 9.13 Å². The second-order valence-corrected chi connectivity index (χ2v) is 9.80. The lowest BCUT2D eigenvalue weighted by molar-refractivity contribution is 0.626. The third-order valence-corrected chi connectivity index (χ3v) is 7.09. The van der Waals surface area contributed by atoms with Crippen molar-refractivity contribution in [2.45, 2.75) is 39.3 Å². The fourth-order valence-corrected chi connectivity index (χ4v) is 5.01. The number of nitrogens with one attached hydrogen (secondary N) is 1. The summed E-state index contributed by atoms with van der Waals surface area (Å²) in [6.45, 7) is 3.03. The van der Waals surface area contributed by atoms with Crippen molar-refractivity contribution in [1.82, 2.24) is 34.7 Å². The Hall–Kier alpha value is -4.92. The maximum atomic E-state index is 13.7. The minimum atomic E-state index is -0.297. The monoisotopic (exact) mass is 533 g/mol. The van der Waals surface area contributed by atoms with Crippen LogP contribution in [0.1, 0.15) is 36.7 Å². The lowest BCUT2D eigenvalue weighted by Crippen LogP contribution is -2.22. The zero-order chi connectivity index (χ0) is 27.5. The van der Waals surface area contributed by atoms with Crippen LogP contribution >= 0.6 is 0 Å². The Labute approximate surface area is 230 Å². The number of tetrazole rings is 1. The molecule has 1 N–H and O–H groups in total. The number of hydrogen-bond donors (Lipinski definition) is 1. The lowest BCUT2D eigenvalue weighted by atomic mass is 9.98. The summed E-state index contributed by atoms with van der Waals surface area (Å²) in [7, 11) is 0. The smallest absolute Gasteiger partial charge is 0.277 e. The van der Waals surface area contributed by atoms with Gasteiger partial charge in [0.05, 0.1) is 12.1 Å². The van der Waals surface area contributed by atoms with Crippen LogP contribution in [0.3, 0.4) is 0 Å². The molecule has 0 amide bonds. The average Bonchev–Trinajstić information content (AvgIpc) is 3.64. The van der Waals surface area contributed by atoms with Crippen LogP contribution in [-0.4, -0.2) is 34.7 Å². The van der Waals surface area contributed by atoms with Gasteiger partial charge in [-0.15, -0.1) is 10.2 Å². The van der Waals surface area contributed by atoms with E-state index in [1.165, 1.54) is 12.1 Å². The van der Waals surface area contributed by atoms with Crippen molar-refractivity contribution in [2.75, 3.05) is 0 Å². The second-order valence-electron chi connectivity index (χ2n) is 9.80. The molecule has 0 bridgehead atoms. The van der Waals surface area contributed by atoms with Crippen molar-refractivity contribution in [3.63, 3.8) is 0 Å². The molecule has 3 aromatic heterocycles. The quantitative estimate of drug-likeness (QED) is 0.260. The molecule has 0 aliphatic carbocycles. The van der Waals surface area contributed by atoms with E-state index in [4.69, 9.17) is 4.98 Å². The highest BCUT2D eigenvalue weighted by molar-refractivity contribution is 5.80. The molecule has 0 unspecified atom stereocenters. The predicted octanol–water partition coefficient (Wildman–Crippen LogP) is 5.62. The number of halogens is 1. The molecule has 3 aromatic carbocycles. The second kappa shape index (κ2) is 11.1. The first-order valence-corrected chi connectivity index (χ1v) is 13.4. The average molecular weight is 534 g/mol. The van der Waals surface area contributed by atoms with Gasteiger partial charge in [0.2, 0.25) is 5.82 Å². The van der Waals surface area contributed by atoms with Crippen LogP contribution < -0.4 is 5.56 Å². The first kappa shape index (κ1) is 25.4. The van der Waals surface area contributed by atoms with Crippen LogP contribution in [0.5, 0.6) is 0 Å². The van der Waals surface area contributed by atoms with E-state index in [0.29, 0.717) is 29.9 Å². The molecular formula is C31H28FN7O. The largest absolute Gasteiger partial charge is 0.319 e. The van der Waals surface area contributed by atoms with E-state index < -0.39 is 0 Å². The minimum absolute atomic E-state index is 0.109. The fourth-order valence-electron chi connectivity index (χ4n) is 5.01. The molecule has 6 rings (SSSR count). The molecule has 3 heterocycles. The topological polar surface area (TPSA) is 94.3 Å². The summed E-state index contributed by atoms with van der Waals surface area (Å²) in [5.74, 6) is 1.15. The number of nitrogens with zero attached hydrogens (tertiary/aromatic N) is 6. The van der Waals surface area contributed by atoms with Crippen LogP contribution in [0.2, 0.25) is 0 Å². The number of aryl methyl sites for hydroxylation is 1. The predicted molar refractivity (Wildman–Crippen MR) is 152 cm³/mol. The van der Waals surface area contributed by atoms with E-state index in [1.807, 2.05) is 30.3 Å². The van der Waals surface area contributed by atoms with Gasteiger partial charge in [-0.25, -0.2) is 9.37 Å². The Kier molecular flexibility index (Phi) is 7.01. The van der Waals surface area contributed by atoms with Crippen molar-refractivity contribution in [1.29, 1.82) is 0 Å². The highest BCUT2D eigenvalue weighted by atomic mass is 19.1. The normalized spacial score (nSPS) is 11.3. The molecular weight excluding hydrogens is 505 g/mol. The van der Waals surface area contributed by atoms with Gasteiger partial charge in [-0.2, -0.15) is 5.21 Å². The molecule has 8 nitrogen and oxygen atoms in total. The molecule has 0 aliphatic heterocycles. The molecule has 0 atom stereocenters. The minimum Gasteiger partial charge on any atom is -0.319 e. The molecule has 200 valence electrons. The maximum absolute atomic E-state index is 13.7. The maximum Gasteiger partial charge on any atom is 0.277 e. The van der Waals surface area contributed by atoms with Crippen molar-refractivity contribution < 1.29 is 4.39 Å². The lowest BCUT2D eigenvalue weighted by Gasteiger charge is -2.12. The summed E-state index contributed by atoms with van der Waals surface area (Å²) in [6, 6.07) is 24.4. The fraction of sp³-hybridized carbons (Fsp3) is 0.194. The number of aromatic nitrogens is 7. The molecule has 9 heteroatoms. The molecule has 0 radical (unpaired) electrons. The Morgan fingerprint density at radius 2 is 1.60 bits per heavy atom. The summed E-state index contributed by atoms with van der Waals surface area (Å²) in [6.07, 6.45) is 4.58. The third kappa shape index (κ3) is 5.05. The SMILES string of the molecule is CCCCc1nc2ccn(Cc3ccc(F)cc3)c(=O)c2n1Cc1ccc(-c2ccccc2-c2nn[nH]n2)cc1. The molecule has 0 saturated carbocycles. The van der Waals surface area contributed by atoms with Crippen molar-refractivity contribution in [3.8, 4) is 22.5 Å². The summed E-state index contributed by atoms with van der Waals surface area (Å²) >= 11 is 0. The molecule has 0 spiro atoms. The third-order valence-electron chi connectivity index (χ3n) is 7.09. The van der Waals surface area contributed by atoms with Gasteiger partial charge in [-0.05, 0) is 52.1 Å². The zero-order valence-corrected chi connectivity index (χ0v) is 22.1. The summed E-state index contributed by atoms with van der Waals surface area (Å²) < 4.78 is 17.1. The van der Waals surface area contributed by atoms with Gasteiger partial charge in [-0.3, -0.25) is 4.79 Å². The van der Waals surface area contributed by atoms with E-state index in [2.05, 4.69) is 56.4 Å². The van der Waals surface area contributed by atoms with Crippen molar-refractivity contribution >= 4 is 11.0 Å². The Morgan fingerprint density at radius 1 is 0.875 bits per heavy atom. The van der Waals surface area contributed by atoms with Crippen LogP contribution in [0, 0.1) is 5.82 Å². The van der Waals surface area contributed by atoms with Gasteiger partial charge in [0.15, 0.2) is 0 Å². The molecule has 6 aromatic rings. The van der Waals surface area contributed by atoms with Gasteiger partial charge in [-0.1, -0.05) is 74.0 Å². The summed E-state index contributed by atoms with van der Waals surface area (Å²) in [4.78, 5) is 18.5. The highest BCUT2D eigenvalue weighted by Gasteiger charge is 2.17. The van der Waals surface area contributed by atoms with Crippen LogP contribution in [0.4, 0.5) is 4.39 Å². The van der Waals surface area contributed by atoms with Crippen LogP contribution in [0.15, 0.2) is 89.9 Å². The van der Waals surface area contributed by atoms with Gasteiger partial charge in [0.25, 0.3) is 5.56 Å². The standard InChI is InChI=1S/C31H28FN7O/c1-2-3-8-28-33-27-17-18-38(19-21-11-15-24(32)16-12-21)31(40)29(27)39(28)20-22-9-13-23(14-10-22)25-6-4-5-7-26(25)30-34-36-37-35-30/h4-7,9-18H,2-3,8,19-20H2,1H3,(H,34,35,36,37). The molecule has 0 aliphatic rings. The summed E-state index contributed by atoms with van der Waals surface area (Å²) in [5.41, 5.74) is 6.03. The van der Waals surface area contributed by atoms with Gasteiger partial charge in [0.1, 0.15) is 17.2 Å². The zero-order valence-electron chi connectivity index (χ0n) is 22.1. The molecule has 0 fully saturated rings. The number of pyridine rings is 1. The number of hydrogen-bond acceptors (Lipinski definition) is 5. The first-order chi connectivity index (χ1) is 19.6. The van der Waals surface area contributed by atoms with E-state index >= 15 is 0 Å². The van der Waals surface area contributed by atoms with Gasteiger partial charge in [0, 0.05) is 24.7 Å². The van der Waals surface area contributed by atoms with Gasteiger partial charge >= 0.3 is 0 Å². The van der Waals surface area contributed by atoms with E-state index in [9.17, 15) is 9.18 Å². The highest BCUT2D eigenvalue weighted by Crippen LogP contribution is 2.30. The number of benzene rings is 3. The molecule has 40 heavy (non-hydrogen) atoms. The number of H-pyrrole nitrogens is 1. The number of fused-ring (bicyclic) bond motifs is 1. The number of rotatable bonds is 9.